The van der Waals surface area contributed by atoms with Crippen LogP contribution in [0.1, 0.15) is 22.0 Å². The van der Waals surface area contributed by atoms with Gasteiger partial charge >= 0.3 is 0 Å². The molecule has 5 heteroatoms. The Hall–Kier alpha value is -1.36. The van der Waals surface area contributed by atoms with E-state index in [1.54, 1.807) is 0 Å². The van der Waals surface area contributed by atoms with Crippen LogP contribution in [0.15, 0.2) is 53.0 Å². The van der Waals surface area contributed by atoms with E-state index in [0.29, 0.717) is 30.3 Å². The lowest BCUT2D eigenvalue weighted by atomic mass is 10.1. The molecule has 0 saturated carbocycles. The Labute approximate surface area is 143 Å². The van der Waals surface area contributed by atoms with Gasteiger partial charge in [0.25, 0.3) is 5.91 Å². The topological polar surface area (TPSA) is 29.5 Å². The highest BCUT2D eigenvalue weighted by molar-refractivity contribution is 9.10. The summed E-state index contributed by atoms with van der Waals surface area (Å²) in [6.07, 6.45) is -0.133. The Morgan fingerprint density at radius 1 is 1.23 bits per heavy atom. The van der Waals surface area contributed by atoms with E-state index in [9.17, 15) is 4.79 Å². The van der Waals surface area contributed by atoms with Crippen molar-refractivity contribution in [1.82, 2.24) is 4.90 Å². The van der Waals surface area contributed by atoms with E-state index in [1.165, 1.54) is 0 Å². The highest BCUT2D eigenvalue weighted by Crippen LogP contribution is 2.25. The molecule has 3 nitrogen and oxygen atoms in total. The molecule has 1 aliphatic rings. The summed E-state index contributed by atoms with van der Waals surface area (Å²) < 4.78 is 6.76. The minimum Gasteiger partial charge on any atom is -0.370 e. The minimum absolute atomic E-state index is 0.0304. The summed E-state index contributed by atoms with van der Waals surface area (Å²) in [5.74, 6) is 0.0304. The van der Waals surface area contributed by atoms with Crippen molar-refractivity contribution in [3.63, 3.8) is 0 Å². The number of hydrogen-bond acceptors (Lipinski definition) is 2. The summed E-state index contributed by atoms with van der Waals surface area (Å²) >= 11 is 9.41. The molecule has 2 aromatic rings. The average Bonchev–Trinajstić information content (AvgIpc) is 2.55. The molecule has 114 valence electrons. The summed E-state index contributed by atoms with van der Waals surface area (Å²) in [6, 6.07) is 15.0. The molecule has 1 atom stereocenters. The van der Waals surface area contributed by atoms with Crippen LogP contribution in [-0.2, 0) is 4.74 Å². The molecule has 1 aliphatic heterocycles. The molecule has 22 heavy (non-hydrogen) atoms. The van der Waals surface area contributed by atoms with Crippen LogP contribution in [0.4, 0.5) is 0 Å². The van der Waals surface area contributed by atoms with Gasteiger partial charge < -0.3 is 9.64 Å². The van der Waals surface area contributed by atoms with Crippen molar-refractivity contribution in [3.05, 3.63) is 69.2 Å². The molecule has 1 saturated heterocycles. The molecule has 1 amide bonds. The number of rotatable bonds is 2. The third-order valence-electron chi connectivity index (χ3n) is 3.67. The number of benzene rings is 2. The van der Waals surface area contributed by atoms with E-state index in [4.69, 9.17) is 16.3 Å². The molecule has 0 N–H and O–H groups in total. The molecule has 1 unspecified atom stereocenters. The van der Waals surface area contributed by atoms with Gasteiger partial charge in [-0.2, -0.15) is 0 Å². The smallest absolute Gasteiger partial charge is 0.254 e. The molecule has 3 rings (SSSR count). The van der Waals surface area contributed by atoms with Gasteiger partial charge in [-0.15, -0.1) is 0 Å². The van der Waals surface area contributed by atoms with Gasteiger partial charge in [0.2, 0.25) is 0 Å². The Morgan fingerprint density at radius 3 is 2.73 bits per heavy atom. The van der Waals surface area contributed by atoms with Crippen LogP contribution in [0.3, 0.4) is 0 Å². The molecular weight excluding hydrogens is 366 g/mol. The van der Waals surface area contributed by atoms with Gasteiger partial charge in [0.15, 0.2) is 0 Å². The van der Waals surface area contributed by atoms with Crippen LogP contribution in [0, 0.1) is 0 Å². The lowest BCUT2D eigenvalue weighted by Gasteiger charge is -2.33. The Balaban J connectivity index is 1.75. The molecule has 1 fully saturated rings. The molecule has 0 aromatic heterocycles. The normalized spacial score (nSPS) is 18.3. The maximum atomic E-state index is 12.6. The minimum atomic E-state index is -0.133. The molecule has 2 aromatic carbocycles. The number of ether oxygens (including phenoxy) is 1. The van der Waals surface area contributed by atoms with Crippen molar-refractivity contribution in [2.75, 3.05) is 19.7 Å². The van der Waals surface area contributed by atoms with E-state index >= 15 is 0 Å². The molecule has 0 spiro atoms. The summed E-state index contributed by atoms with van der Waals surface area (Å²) in [6.45, 7) is 1.67. The Bertz CT molecular complexity index is 675. The standard InChI is InChI=1S/C17H15BrClNO2/c18-14-6-4-12(5-7-14)17(21)20-8-9-22-16(11-20)13-2-1-3-15(19)10-13/h1-7,10,16H,8-9,11H2. The van der Waals surface area contributed by atoms with Crippen LogP contribution in [0.25, 0.3) is 0 Å². The third kappa shape index (κ3) is 3.51. The van der Waals surface area contributed by atoms with Gasteiger partial charge in [0.05, 0.1) is 13.2 Å². The number of carbonyl (C=O) groups is 1. The fourth-order valence-electron chi connectivity index (χ4n) is 2.52. The SMILES string of the molecule is O=C(c1ccc(Br)cc1)N1CCOC(c2cccc(Cl)c2)C1. The first-order valence-electron chi connectivity index (χ1n) is 7.05. The zero-order valence-electron chi connectivity index (χ0n) is 11.8. The predicted molar refractivity (Wildman–Crippen MR) is 90.2 cm³/mol. The van der Waals surface area contributed by atoms with Crippen molar-refractivity contribution in [1.29, 1.82) is 0 Å². The number of amides is 1. The largest absolute Gasteiger partial charge is 0.370 e. The molecule has 0 aliphatic carbocycles. The zero-order chi connectivity index (χ0) is 15.5. The quantitative estimate of drug-likeness (QED) is 0.777. The number of hydrogen-bond donors (Lipinski definition) is 0. The second kappa shape index (κ2) is 6.82. The van der Waals surface area contributed by atoms with Gasteiger partial charge in [-0.25, -0.2) is 0 Å². The monoisotopic (exact) mass is 379 g/mol. The van der Waals surface area contributed by atoms with Crippen LogP contribution in [0.2, 0.25) is 5.02 Å². The van der Waals surface area contributed by atoms with Crippen LogP contribution in [-0.4, -0.2) is 30.5 Å². The Kier molecular flexibility index (Phi) is 4.81. The summed E-state index contributed by atoms with van der Waals surface area (Å²) in [5.41, 5.74) is 1.69. The van der Waals surface area contributed by atoms with Crippen LogP contribution >= 0.6 is 27.5 Å². The summed E-state index contributed by atoms with van der Waals surface area (Å²) in [7, 11) is 0. The molecule has 0 radical (unpaired) electrons. The van der Waals surface area contributed by atoms with Crippen LogP contribution in [0.5, 0.6) is 0 Å². The van der Waals surface area contributed by atoms with Crippen molar-refractivity contribution >= 4 is 33.4 Å². The van der Waals surface area contributed by atoms with Crippen molar-refractivity contribution < 1.29 is 9.53 Å². The van der Waals surface area contributed by atoms with E-state index in [1.807, 2.05) is 53.4 Å². The van der Waals surface area contributed by atoms with Gasteiger partial charge in [-0.3, -0.25) is 4.79 Å². The fraction of sp³-hybridized carbons (Fsp3) is 0.235. The lowest BCUT2D eigenvalue weighted by Crippen LogP contribution is -2.42. The van der Waals surface area contributed by atoms with E-state index in [-0.39, 0.29) is 12.0 Å². The first-order chi connectivity index (χ1) is 10.6. The van der Waals surface area contributed by atoms with Crippen molar-refractivity contribution in [2.45, 2.75) is 6.10 Å². The fourth-order valence-corrected chi connectivity index (χ4v) is 2.98. The first kappa shape index (κ1) is 15.5. The van der Waals surface area contributed by atoms with Gasteiger partial charge in [0, 0.05) is 21.6 Å². The zero-order valence-corrected chi connectivity index (χ0v) is 14.2. The van der Waals surface area contributed by atoms with Gasteiger partial charge in [0.1, 0.15) is 6.10 Å². The highest BCUT2D eigenvalue weighted by Gasteiger charge is 2.26. The van der Waals surface area contributed by atoms with Gasteiger partial charge in [-0.1, -0.05) is 39.7 Å². The third-order valence-corrected chi connectivity index (χ3v) is 4.43. The first-order valence-corrected chi connectivity index (χ1v) is 8.22. The maximum absolute atomic E-state index is 12.6. The second-order valence-electron chi connectivity index (χ2n) is 5.17. The van der Waals surface area contributed by atoms with E-state index < -0.39 is 0 Å². The molecule has 1 heterocycles. The molecular formula is C17H15BrClNO2. The number of nitrogens with zero attached hydrogens (tertiary/aromatic N) is 1. The number of carbonyl (C=O) groups excluding carboxylic acids is 1. The maximum Gasteiger partial charge on any atom is 0.254 e. The summed E-state index contributed by atoms with van der Waals surface area (Å²) in [4.78, 5) is 14.4. The Morgan fingerprint density at radius 2 is 2.00 bits per heavy atom. The van der Waals surface area contributed by atoms with Gasteiger partial charge in [-0.05, 0) is 42.0 Å². The van der Waals surface area contributed by atoms with Crippen molar-refractivity contribution in [2.24, 2.45) is 0 Å². The average molecular weight is 381 g/mol. The highest BCUT2D eigenvalue weighted by atomic mass is 79.9. The van der Waals surface area contributed by atoms with E-state index in [2.05, 4.69) is 15.9 Å². The number of halogens is 2. The second-order valence-corrected chi connectivity index (χ2v) is 6.52. The van der Waals surface area contributed by atoms with Crippen molar-refractivity contribution in [3.8, 4) is 0 Å². The predicted octanol–water partition coefficient (Wildman–Crippen LogP) is 4.32. The summed E-state index contributed by atoms with van der Waals surface area (Å²) in [5, 5.41) is 0.678. The number of morpholine rings is 1. The van der Waals surface area contributed by atoms with Crippen LogP contribution < -0.4 is 0 Å². The van der Waals surface area contributed by atoms with E-state index in [0.717, 1.165) is 10.0 Å². The lowest BCUT2D eigenvalue weighted by molar-refractivity contribution is -0.0228. The molecule has 0 bridgehead atoms.